The molecule has 7 heteroatoms. The van der Waals surface area contributed by atoms with Gasteiger partial charge in [-0.15, -0.1) is 0 Å². The number of hydrogen-bond acceptors (Lipinski definition) is 4. The van der Waals surface area contributed by atoms with Gasteiger partial charge in [-0.3, -0.25) is 0 Å². The second-order valence-corrected chi connectivity index (χ2v) is 7.08. The number of rotatable bonds is 2. The maximum absolute atomic E-state index is 13.0. The first-order chi connectivity index (χ1) is 10.4. The quantitative estimate of drug-likeness (QED) is 0.916. The van der Waals surface area contributed by atoms with Crippen LogP contribution in [0.4, 0.5) is 11.4 Å². The van der Waals surface area contributed by atoms with Crippen LogP contribution < -0.4 is 10.0 Å². The second kappa shape index (κ2) is 5.39. The Morgan fingerprint density at radius 3 is 2.45 bits per heavy atom. The molecular weight excluding hydrogens is 322 g/mol. The molecule has 2 aromatic rings. The maximum atomic E-state index is 13.0. The van der Waals surface area contributed by atoms with E-state index in [0.717, 1.165) is 4.31 Å². The Bertz CT molecular complexity index is 848. The van der Waals surface area contributed by atoms with E-state index in [0.29, 0.717) is 11.4 Å². The Labute approximate surface area is 134 Å². The van der Waals surface area contributed by atoms with Gasteiger partial charge in [0.05, 0.1) is 22.4 Å². The number of nitrogens with two attached hydrogens (primary N) is 1. The van der Waals surface area contributed by atoms with Crippen molar-refractivity contribution < 1.29 is 8.42 Å². The standard InChI is InChI=1S/C15H14ClN3O2S/c1-10(17)15-18-13-9-5-8-12(16)14(13)22(20,21)19(15)11-6-3-2-4-7-11/h2-10H,17H2,1H3. The lowest BCUT2D eigenvalue weighted by Crippen LogP contribution is -2.47. The van der Waals surface area contributed by atoms with Gasteiger partial charge in [-0.1, -0.05) is 35.9 Å². The van der Waals surface area contributed by atoms with Crippen LogP contribution in [0, 0.1) is 0 Å². The Morgan fingerprint density at radius 1 is 1.14 bits per heavy atom. The molecule has 1 atom stereocenters. The van der Waals surface area contributed by atoms with E-state index in [2.05, 4.69) is 4.99 Å². The summed E-state index contributed by atoms with van der Waals surface area (Å²) >= 11 is 6.10. The molecule has 114 valence electrons. The van der Waals surface area contributed by atoms with Crippen molar-refractivity contribution in [1.82, 2.24) is 0 Å². The van der Waals surface area contributed by atoms with Crippen molar-refractivity contribution in [1.29, 1.82) is 0 Å². The Hall–Kier alpha value is -1.89. The number of sulfonamides is 1. The summed E-state index contributed by atoms with van der Waals surface area (Å²) in [4.78, 5) is 4.42. The molecule has 3 rings (SSSR count). The van der Waals surface area contributed by atoms with E-state index in [1.807, 2.05) is 6.07 Å². The van der Waals surface area contributed by atoms with Gasteiger partial charge in [0, 0.05) is 0 Å². The third-order valence-electron chi connectivity index (χ3n) is 3.29. The molecule has 0 bridgehead atoms. The lowest BCUT2D eigenvalue weighted by atomic mass is 10.2. The molecule has 0 spiro atoms. The summed E-state index contributed by atoms with van der Waals surface area (Å²) in [7, 11) is -3.87. The van der Waals surface area contributed by atoms with Crippen LogP contribution in [0.3, 0.4) is 0 Å². The van der Waals surface area contributed by atoms with Crippen molar-refractivity contribution in [2.24, 2.45) is 10.7 Å². The zero-order valence-corrected chi connectivity index (χ0v) is 13.3. The van der Waals surface area contributed by atoms with E-state index >= 15 is 0 Å². The van der Waals surface area contributed by atoms with Crippen LogP contribution in [0.25, 0.3) is 0 Å². The van der Waals surface area contributed by atoms with E-state index in [1.54, 1.807) is 43.3 Å². The number of halogens is 1. The summed E-state index contributed by atoms with van der Waals surface area (Å²) in [5, 5.41) is 0.144. The van der Waals surface area contributed by atoms with Gasteiger partial charge in [0.1, 0.15) is 10.7 Å². The lowest BCUT2D eigenvalue weighted by Gasteiger charge is -2.31. The largest absolute Gasteiger partial charge is 0.322 e. The minimum absolute atomic E-state index is 0.00456. The summed E-state index contributed by atoms with van der Waals surface area (Å²) in [6, 6.07) is 13.0. The molecule has 5 nitrogen and oxygen atoms in total. The fraction of sp³-hybridized carbons (Fsp3) is 0.133. The highest BCUT2D eigenvalue weighted by Gasteiger charge is 2.38. The molecule has 1 aliphatic heterocycles. The van der Waals surface area contributed by atoms with Crippen LogP contribution in [-0.4, -0.2) is 20.3 Å². The van der Waals surface area contributed by atoms with E-state index in [1.165, 1.54) is 6.07 Å². The summed E-state index contributed by atoms with van der Waals surface area (Å²) < 4.78 is 27.2. The van der Waals surface area contributed by atoms with Crippen LogP contribution in [0.1, 0.15) is 6.92 Å². The molecule has 0 fully saturated rings. The first-order valence-corrected chi connectivity index (χ1v) is 8.48. The molecule has 1 heterocycles. The van der Waals surface area contributed by atoms with Gasteiger partial charge >= 0.3 is 0 Å². The third-order valence-corrected chi connectivity index (χ3v) is 5.54. The van der Waals surface area contributed by atoms with E-state index in [9.17, 15) is 8.42 Å². The van der Waals surface area contributed by atoms with Gasteiger partial charge in [-0.05, 0) is 31.2 Å². The molecule has 0 aromatic heterocycles. The Kier molecular flexibility index (Phi) is 3.68. The van der Waals surface area contributed by atoms with Gasteiger partial charge in [0.2, 0.25) is 0 Å². The maximum Gasteiger partial charge on any atom is 0.273 e. The van der Waals surface area contributed by atoms with Gasteiger partial charge < -0.3 is 5.73 Å². The molecule has 0 amide bonds. The molecule has 1 unspecified atom stereocenters. The monoisotopic (exact) mass is 335 g/mol. The van der Waals surface area contributed by atoms with Gasteiger partial charge in [-0.2, -0.15) is 0 Å². The molecule has 0 aliphatic carbocycles. The number of fused-ring (bicyclic) bond motifs is 1. The van der Waals surface area contributed by atoms with Gasteiger partial charge in [0.25, 0.3) is 10.0 Å². The van der Waals surface area contributed by atoms with Crippen LogP contribution in [-0.2, 0) is 10.0 Å². The van der Waals surface area contributed by atoms with Gasteiger partial charge in [0.15, 0.2) is 0 Å². The molecule has 0 saturated carbocycles. The highest BCUT2D eigenvalue weighted by atomic mass is 35.5. The first-order valence-electron chi connectivity index (χ1n) is 6.66. The topological polar surface area (TPSA) is 75.8 Å². The van der Waals surface area contributed by atoms with Crippen molar-refractivity contribution in [2.45, 2.75) is 17.9 Å². The van der Waals surface area contributed by atoms with Crippen molar-refractivity contribution in [2.75, 3.05) is 4.31 Å². The normalized spacial score (nSPS) is 17.6. The minimum atomic E-state index is -3.87. The summed E-state index contributed by atoms with van der Waals surface area (Å²) in [6.07, 6.45) is 0. The molecule has 2 aromatic carbocycles. The van der Waals surface area contributed by atoms with E-state index in [4.69, 9.17) is 17.3 Å². The van der Waals surface area contributed by atoms with Crippen molar-refractivity contribution in [3.8, 4) is 0 Å². The Balaban J connectivity index is 2.33. The molecular formula is C15H14ClN3O2S. The summed E-state index contributed by atoms with van der Waals surface area (Å²) in [6.45, 7) is 1.69. The number of amidine groups is 1. The second-order valence-electron chi connectivity index (χ2n) is 4.95. The Morgan fingerprint density at radius 2 is 1.82 bits per heavy atom. The average Bonchev–Trinajstić information content (AvgIpc) is 2.46. The fourth-order valence-corrected chi connectivity index (χ4v) is 4.53. The van der Waals surface area contributed by atoms with Crippen LogP contribution in [0.15, 0.2) is 58.4 Å². The number of hydrogen-bond donors (Lipinski definition) is 1. The van der Waals surface area contributed by atoms with Crippen LogP contribution in [0.2, 0.25) is 5.02 Å². The smallest absolute Gasteiger partial charge is 0.273 e. The minimum Gasteiger partial charge on any atom is -0.322 e. The predicted octanol–water partition coefficient (Wildman–Crippen LogP) is 2.93. The van der Waals surface area contributed by atoms with Crippen molar-refractivity contribution in [3.05, 3.63) is 53.6 Å². The highest BCUT2D eigenvalue weighted by molar-refractivity contribution is 7.94. The highest BCUT2D eigenvalue weighted by Crippen LogP contribution is 2.39. The predicted molar refractivity (Wildman–Crippen MR) is 88.3 cm³/mol. The number of anilines is 1. The molecule has 2 N–H and O–H groups in total. The van der Waals surface area contributed by atoms with Gasteiger partial charge in [-0.25, -0.2) is 17.7 Å². The summed E-state index contributed by atoms with van der Waals surface area (Å²) in [5.74, 6) is 0.265. The molecule has 22 heavy (non-hydrogen) atoms. The summed E-state index contributed by atoms with van der Waals surface area (Å²) in [5.41, 5.74) is 6.73. The number of aliphatic imine (C=N–C) groups is 1. The first kappa shape index (κ1) is 15.0. The van der Waals surface area contributed by atoms with Crippen LogP contribution in [0.5, 0.6) is 0 Å². The van der Waals surface area contributed by atoms with Crippen LogP contribution >= 0.6 is 11.6 Å². The SMILES string of the molecule is CC(N)C1=Nc2cccc(Cl)c2S(=O)(=O)N1c1ccccc1. The van der Waals surface area contributed by atoms with Crippen molar-refractivity contribution >= 4 is 38.8 Å². The fourth-order valence-electron chi connectivity index (χ4n) is 2.35. The number of para-hydroxylation sites is 1. The average molecular weight is 336 g/mol. The third kappa shape index (κ3) is 2.29. The van der Waals surface area contributed by atoms with E-state index in [-0.39, 0.29) is 15.8 Å². The lowest BCUT2D eigenvalue weighted by molar-refractivity contribution is 0.595. The van der Waals surface area contributed by atoms with Crippen molar-refractivity contribution in [3.63, 3.8) is 0 Å². The van der Waals surface area contributed by atoms with E-state index < -0.39 is 16.1 Å². The zero-order valence-electron chi connectivity index (χ0n) is 11.8. The zero-order chi connectivity index (χ0) is 15.9. The number of benzene rings is 2. The molecule has 0 saturated heterocycles. The molecule has 0 radical (unpaired) electrons. The molecule has 1 aliphatic rings. The number of nitrogens with zero attached hydrogens (tertiary/aromatic N) is 2.